The minimum absolute atomic E-state index is 0.0519. The van der Waals surface area contributed by atoms with Crippen molar-refractivity contribution in [3.63, 3.8) is 0 Å². The summed E-state index contributed by atoms with van der Waals surface area (Å²) in [7, 11) is -0.385. The Bertz CT molecular complexity index is 665. The summed E-state index contributed by atoms with van der Waals surface area (Å²) in [5.74, 6) is 0.935. The number of allylic oxidation sites excluding steroid dienone is 2. The Morgan fingerprint density at radius 1 is 1.25 bits per heavy atom. The van der Waals surface area contributed by atoms with Gasteiger partial charge in [0.2, 0.25) is 0 Å². The second-order valence-corrected chi connectivity index (χ2v) is 8.13. The van der Waals surface area contributed by atoms with Gasteiger partial charge in [0.25, 0.3) is 0 Å². The maximum atomic E-state index is 6.40. The number of rotatable bonds is 3. The zero-order valence-corrected chi connectivity index (χ0v) is 16.2. The topological polar surface area (TPSA) is 27.7 Å². The molecule has 0 aromatic heterocycles. The van der Waals surface area contributed by atoms with Crippen LogP contribution >= 0.6 is 11.6 Å². The van der Waals surface area contributed by atoms with Crippen LogP contribution < -0.4 is 5.46 Å². The smallest absolute Gasteiger partial charge is 0.491 e. The first-order valence-electron chi connectivity index (χ1n) is 8.62. The largest absolute Gasteiger partial charge is 0.495 e. The van der Waals surface area contributed by atoms with E-state index in [4.69, 9.17) is 25.6 Å². The molecule has 130 valence electrons. The van der Waals surface area contributed by atoms with Crippen molar-refractivity contribution in [3.05, 3.63) is 40.1 Å². The summed E-state index contributed by atoms with van der Waals surface area (Å²) in [6.07, 6.45) is 3.94. The summed E-state index contributed by atoms with van der Waals surface area (Å²) in [6.45, 7) is 12.2. The molecule has 1 heterocycles. The molecule has 0 unspecified atom stereocenters. The molecule has 5 heteroatoms. The zero-order valence-electron chi connectivity index (χ0n) is 15.4. The number of ether oxygens (including phenoxy) is 1. The van der Waals surface area contributed by atoms with Crippen LogP contribution in [0.15, 0.2) is 24.0 Å². The average molecular weight is 349 g/mol. The highest BCUT2D eigenvalue weighted by Crippen LogP contribution is 2.40. The Morgan fingerprint density at radius 2 is 1.88 bits per heavy atom. The number of fused-ring (bicyclic) bond motifs is 1. The van der Waals surface area contributed by atoms with E-state index in [9.17, 15) is 0 Å². The molecule has 1 fully saturated rings. The van der Waals surface area contributed by atoms with Gasteiger partial charge in [-0.15, -0.1) is 0 Å². The standard InChI is InChI=1S/C19H26BClO3/c1-7-12(2)22-17-9-8-14-15(17)10-13(21)11-16(14)20-23-18(3,4)19(5,6)24-20/h7,10-11,17H,8-9H2,1-6H3/b12-7+/t17-/m1/s1. The molecule has 1 aliphatic heterocycles. The van der Waals surface area contributed by atoms with Gasteiger partial charge in [-0.1, -0.05) is 11.6 Å². The van der Waals surface area contributed by atoms with E-state index < -0.39 is 0 Å². The third-order valence-electron chi connectivity index (χ3n) is 5.53. The Labute approximate surface area is 150 Å². The predicted octanol–water partition coefficient (Wildman–Crippen LogP) is 4.57. The highest BCUT2D eigenvalue weighted by molar-refractivity contribution is 6.63. The molecule has 1 saturated heterocycles. The third kappa shape index (κ3) is 3.00. The number of hydrogen-bond acceptors (Lipinski definition) is 3. The lowest BCUT2D eigenvalue weighted by molar-refractivity contribution is 0.00578. The van der Waals surface area contributed by atoms with E-state index in [0.717, 1.165) is 29.6 Å². The SMILES string of the molecule is C/C=C(\C)O[C@@H]1CCc2c(B3OC(C)(C)C(C)(C)O3)cc(Cl)cc21. The van der Waals surface area contributed by atoms with E-state index in [1.54, 1.807) is 0 Å². The Hall–Kier alpha value is -0.965. The van der Waals surface area contributed by atoms with Crippen LogP contribution in [0.25, 0.3) is 0 Å². The van der Waals surface area contributed by atoms with Crippen LogP contribution in [-0.4, -0.2) is 18.3 Å². The summed E-state index contributed by atoms with van der Waals surface area (Å²) in [4.78, 5) is 0. The fourth-order valence-corrected chi connectivity index (χ4v) is 3.52. The first kappa shape index (κ1) is 17.8. The minimum Gasteiger partial charge on any atom is -0.491 e. The molecule has 0 radical (unpaired) electrons. The van der Waals surface area contributed by atoms with E-state index in [-0.39, 0.29) is 24.4 Å². The van der Waals surface area contributed by atoms with Crippen LogP contribution in [-0.2, 0) is 20.5 Å². The van der Waals surface area contributed by atoms with Crippen molar-refractivity contribution in [2.24, 2.45) is 0 Å². The molecule has 0 N–H and O–H groups in total. The van der Waals surface area contributed by atoms with Gasteiger partial charge in [-0.25, -0.2) is 0 Å². The third-order valence-corrected chi connectivity index (χ3v) is 5.75. The van der Waals surface area contributed by atoms with Crippen molar-refractivity contribution in [2.45, 2.75) is 71.7 Å². The lowest BCUT2D eigenvalue weighted by Crippen LogP contribution is -2.41. The monoisotopic (exact) mass is 348 g/mol. The van der Waals surface area contributed by atoms with Crippen molar-refractivity contribution < 1.29 is 14.0 Å². The number of hydrogen-bond donors (Lipinski definition) is 0. The Kier molecular flexibility index (Phi) is 4.52. The number of benzene rings is 1. The summed E-state index contributed by atoms with van der Waals surface area (Å²) in [5, 5.41) is 0.701. The van der Waals surface area contributed by atoms with Crippen molar-refractivity contribution in [2.75, 3.05) is 0 Å². The molecular formula is C19H26BClO3. The fraction of sp³-hybridized carbons (Fsp3) is 0.579. The predicted molar refractivity (Wildman–Crippen MR) is 98.7 cm³/mol. The highest BCUT2D eigenvalue weighted by Gasteiger charge is 2.52. The molecule has 2 aliphatic rings. The molecular weight excluding hydrogens is 322 g/mol. The molecule has 24 heavy (non-hydrogen) atoms. The quantitative estimate of drug-likeness (QED) is 0.591. The summed E-state index contributed by atoms with van der Waals surface area (Å²) in [6, 6.07) is 4.00. The minimum atomic E-state index is -0.385. The molecule has 0 bridgehead atoms. The second-order valence-electron chi connectivity index (χ2n) is 7.70. The van der Waals surface area contributed by atoms with Crippen LogP contribution in [0.3, 0.4) is 0 Å². The molecule has 1 aliphatic carbocycles. The van der Waals surface area contributed by atoms with Gasteiger partial charge in [0.05, 0.1) is 17.0 Å². The summed E-state index contributed by atoms with van der Waals surface area (Å²) in [5.41, 5.74) is 2.74. The van der Waals surface area contributed by atoms with Crippen LogP contribution in [0.1, 0.15) is 65.2 Å². The lowest BCUT2D eigenvalue weighted by Gasteiger charge is -2.32. The number of halogens is 1. The van der Waals surface area contributed by atoms with Crippen molar-refractivity contribution >= 4 is 24.2 Å². The molecule has 1 atom stereocenters. The van der Waals surface area contributed by atoms with Gasteiger partial charge < -0.3 is 14.0 Å². The van der Waals surface area contributed by atoms with Gasteiger partial charge >= 0.3 is 7.12 Å². The van der Waals surface area contributed by atoms with E-state index >= 15 is 0 Å². The fourth-order valence-electron chi connectivity index (χ4n) is 3.28. The lowest BCUT2D eigenvalue weighted by atomic mass is 9.75. The van der Waals surface area contributed by atoms with Gasteiger partial charge in [-0.05, 0) is 89.2 Å². The molecule has 1 aromatic carbocycles. The summed E-state index contributed by atoms with van der Waals surface area (Å²) < 4.78 is 18.5. The molecule has 0 spiro atoms. The van der Waals surface area contributed by atoms with Gasteiger partial charge in [-0.3, -0.25) is 0 Å². The second kappa shape index (κ2) is 6.08. The molecule has 3 nitrogen and oxygen atoms in total. The van der Waals surface area contributed by atoms with Crippen molar-refractivity contribution in [1.29, 1.82) is 0 Å². The van der Waals surface area contributed by atoms with Gasteiger partial charge in [0.1, 0.15) is 6.10 Å². The normalized spacial score (nSPS) is 25.0. The van der Waals surface area contributed by atoms with Crippen molar-refractivity contribution in [1.82, 2.24) is 0 Å². The summed E-state index contributed by atoms with van der Waals surface area (Å²) >= 11 is 6.40. The molecule has 0 amide bonds. The highest BCUT2D eigenvalue weighted by atomic mass is 35.5. The van der Waals surface area contributed by atoms with Crippen molar-refractivity contribution in [3.8, 4) is 0 Å². The maximum Gasteiger partial charge on any atom is 0.495 e. The zero-order chi connectivity index (χ0) is 17.7. The van der Waals surface area contributed by atoms with Gasteiger partial charge in [0, 0.05) is 5.02 Å². The van der Waals surface area contributed by atoms with Gasteiger partial charge in [0.15, 0.2) is 0 Å². The molecule has 3 rings (SSSR count). The van der Waals surface area contributed by atoms with Gasteiger partial charge in [-0.2, -0.15) is 0 Å². The van der Waals surface area contributed by atoms with E-state index in [1.165, 1.54) is 5.56 Å². The van der Waals surface area contributed by atoms with Crippen LogP contribution in [0.2, 0.25) is 5.02 Å². The molecule has 1 aromatic rings. The Balaban J connectivity index is 1.96. The first-order chi connectivity index (χ1) is 11.1. The van der Waals surface area contributed by atoms with E-state index in [2.05, 4.69) is 27.7 Å². The van der Waals surface area contributed by atoms with Crippen LogP contribution in [0.5, 0.6) is 0 Å². The maximum absolute atomic E-state index is 6.40. The average Bonchev–Trinajstić information content (AvgIpc) is 2.96. The van der Waals surface area contributed by atoms with E-state index in [0.29, 0.717) is 5.02 Å². The Morgan fingerprint density at radius 3 is 2.46 bits per heavy atom. The van der Waals surface area contributed by atoms with E-state index in [1.807, 2.05) is 32.1 Å². The van der Waals surface area contributed by atoms with Crippen LogP contribution in [0.4, 0.5) is 0 Å². The first-order valence-corrected chi connectivity index (χ1v) is 9.00. The van der Waals surface area contributed by atoms with Crippen LogP contribution in [0, 0.1) is 0 Å². The molecule has 0 saturated carbocycles.